The van der Waals surface area contributed by atoms with E-state index in [0.29, 0.717) is 19.3 Å². The van der Waals surface area contributed by atoms with Crippen molar-refractivity contribution < 1.29 is 28.6 Å². The van der Waals surface area contributed by atoms with Crippen LogP contribution in [0.25, 0.3) is 0 Å². The fourth-order valence-electron chi connectivity index (χ4n) is 10.4. The van der Waals surface area contributed by atoms with Crippen LogP contribution < -0.4 is 0 Å². The highest BCUT2D eigenvalue weighted by atomic mass is 16.6. The second-order valence-electron chi connectivity index (χ2n) is 22.8. The van der Waals surface area contributed by atoms with Crippen LogP contribution >= 0.6 is 0 Å². The summed E-state index contributed by atoms with van der Waals surface area (Å²) < 4.78 is 16.8. The molecule has 6 nitrogen and oxygen atoms in total. The number of unbranched alkanes of at least 4 members (excludes halogenated alkanes) is 51. The first kappa shape index (κ1) is 70.4. The van der Waals surface area contributed by atoms with Crippen LogP contribution in [0.1, 0.15) is 387 Å². The van der Waals surface area contributed by atoms with Crippen LogP contribution in [0.2, 0.25) is 0 Å². The third kappa shape index (κ3) is 59.3. The zero-order valence-corrected chi connectivity index (χ0v) is 49.2. The number of ether oxygens (including phenoxy) is 3. The Bertz CT molecular complexity index is 1080. The summed E-state index contributed by atoms with van der Waals surface area (Å²) in [5.74, 6) is -0.849. The third-order valence-electron chi connectivity index (χ3n) is 15.4. The molecule has 428 valence electrons. The van der Waals surface area contributed by atoms with E-state index in [-0.39, 0.29) is 31.1 Å². The van der Waals surface area contributed by atoms with E-state index in [2.05, 4.69) is 20.8 Å². The van der Waals surface area contributed by atoms with Crippen LogP contribution in [0.3, 0.4) is 0 Å². The molecule has 0 aliphatic rings. The Hall–Kier alpha value is -1.59. The fourth-order valence-corrected chi connectivity index (χ4v) is 10.4. The van der Waals surface area contributed by atoms with Crippen molar-refractivity contribution >= 4 is 17.9 Å². The van der Waals surface area contributed by atoms with Crippen molar-refractivity contribution in [3.8, 4) is 0 Å². The van der Waals surface area contributed by atoms with E-state index in [1.807, 2.05) is 0 Å². The molecule has 0 saturated heterocycles. The van der Waals surface area contributed by atoms with Gasteiger partial charge in [-0.25, -0.2) is 0 Å². The largest absolute Gasteiger partial charge is 0.462 e. The van der Waals surface area contributed by atoms with Crippen LogP contribution in [0, 0.1) is 0 Å². The van der Waals surface area contributed by atoms with Gasteiger partial charge in [-0.05, 0) is 19.3 Å². The smallest absolute Gasteiger partial charge is 0.306 e. The third-order valence-corrected chi connectivity index (χ3v) is 15.4. The summed E-state index contributed by atoms with van der Waals surface area (Å²) in [6.45, 7) is 6.63. The monoisotopic (exact) mass is 1020 g/mol. The lowest BCUT2D eigenvalue weighted by atomic mass is 10.0. The molecule has 0 radical (unpaired) electrons. The Kier molecular flexibility index (Phi) is 60.6. The second kappa shape index (κ2) is 62.0. The Morgan fingerprint density at radius 2 is 0.375 bits per heavy atom. The number of hydrogen-bond donors (Lipinski definition) is 0. The number of esters is 3. The van der Waals surface area contributed by atoms with Crippen LogP contribution in [0.4, 0.5) is 0 Å². The van der Waals surface area contributed by atoms with E-state index in [1.54, 1.807) is 0 Å². The minimum Gasteiger partial charge on any atom is -0.462 e. The Morgan fingerprint density at radius 1 is 0.222 bits per heavy atom. The van der Waals surface area contributed by atoms with Crippen molar-refractivity contribution in [2.24, 2.45) is 0 Å². The lowest BCUT2D eigenvalue weighted by molar-refractivity contribution is -0.167. The van der Waals surface area contributed by atoms with Gasteiger partial charge in [0, 0.05) is 19.3 Å². The molecule has 72 heavy (non-hydrogen) atoms. The molecule has 0 aromatic heterocycles. The number of carbonyl (C=O) groups excluding carboxylic acids is 3. The molecule has 1 unspecified atom stereocenters. The molecular weight excluding hydrogens is 889 g/mol. The molecule has 0 amide bonds. The van der Waals surface area contributed by atoms with Gasteiger partial charge in [0.2, 0.25) is 0 Å². The molecule has 6 heteroatoms. The van der Waals surface area contributed by atoms with E-state index in [4.69, 9.17) is 14.2 Å². The predicted octanol–water partition coefficient (Wildman–Crippen LogP) is 22.3. The molecule has 0 spiro atoms. The van der Waals surface area contributed by atoms with Gasteiger partial charge < -0.3 is 14.2 Å². The molecule has 0 rings (SSSR count). The number of hydrogen-bond acceptors (Lipinski definition) is 6. The van der Waals surface area contributed by atoms with Gasteiger partial charge in [0.1, 0.15) is 13.2 Å². The zero-order chi connectivity index (χ0) is 52.2. The summed E-state index contributed by atoms with van der Waals surface area (Å²) >= 11 is 0. The Labute approximate surface area is 450 Å². The SMILES string of the molecule is CCCCCCCCCCCCCCCCCCCCCCCCCCCCCCCCCCCC(=O)OCC(COC(=O)CCCCCCC)OC(=O)CCCCCCCCCCCCCCCCCC. The van der Waals surface area contributed by atoms with Crippen LogP contribution in [-0.2, 0) is 28.6 Å². The molecule has 0 aliphatic carbocycles. The van der Waals surface area contributed by atoms with E-state index >= 15 is 0 Å². The minimum absolute atomic E-state index is 0.0625. The topological polar surface area (TPSA) is 78.9 Å². The molecule has 0 aliphatic heterocycles. The van der Waals surface area contributed by atoms with Gasteiger partial charge in [0.05, 0.1) is 0 Å². The van der Waals surface area contributed by atoms with Crippen LogP contribution in [-0.4, -0.2) is 37.2 Å². The van der Waals surface area contributed by atoms with E-state index in [0.717, 1.165) is 64.2 Å². The first-order valence-corrected chi connectivity index (χ1v) is 33.0. The molecule has 0 fully saturated rings. The summed E-state index contributed by atoms with van der Waals surface area (Å²) in [4.78, 5) is 37.9. The normalized spacial score (nSPS) is 11.9. The Balaban J connectivity index is 3.83. The maximum Gasteiger partial charge on any atom is 0.306 e. The van der Waals surface area contributed by atoms with Gasteiger partial charge in [0.15, 0.2) is 6.10 Å². The van der Waals surface area contributed by atoms with Crippen molar-refractivity contribution in [2.45, 2.75) is 393 Å². The standard InChI is InChI=1S/C66H128O6/c1-4-7-10-13-15-17-19-21-23-25-26-27-28-29-30-31-32-33-34-35-36-37-38-39-40-41-43-44-46-48-50-53-56-59-65(68)71-62-63(61-70-64(67)58-55-52-12-9-6-3)72-66(69)60-57-54-51-49-47-45-42-24-22-20-18-16-14-11-8-5-2/h63H,4-62H2,1-3H3. The van der Waals surface area contributed by atoms with Gasteiger partial charge in [-0.2, -0.15) is 0 Å². The lowest BCUT2D eigenvalue weighted by Gasteiger charge is -2.18. The first-order valence-electron chi connectivity index (χ1n) is 33.0. The first-order chi connectivity index (χ1) is 35.5. The minimum atomic E-state index is -0.760. The molecule has 0 saturated carbocycles. The molecule has 1 atom stereocenters. The van der Waals surface area contributed by atoms with Gasteiger partial charge in [-0.3, -0.25) is 14.4 Å². The molecule has 0 aromatic carbocycles. The quantitative estimate of drug-likeness (QED) is 0.0343. The summed E-state index contributed by atoms with van der Waals surface area (Å²) in [7, 11) is 0. The average Bonchev–Trinajstić information content (AvgIpc) is 3.38. The molecule has 0 N–H and O–H groups in total. The van der Waals surface area contributed by atoms with Crippen molar-refractivity contribution in [2.75, 3.05) is 13.2 Å². The van der Waals surface area contributed by atoms with Gasteiger partial charge in [-0.1, -0.05) is 348 Å². The fraction of sp³-hybridized carbons (Fsp3) is 0.955. The van der Waals surface area contributed by atoms with Crippen molar-refractivity contribution in [1.29, 1.82) is 0 Å². The van der Waals surface area contributed by atoms with E-state index in [9.17, 15) is 14.4 Å². The summed E-state index contributed by atoms with van der Waals surface area (Å²) in [5, 5.41) is 0. The molecule has 0 aromatic rings. The van der Waals surface area contributed by atoms with Crippen molar-refractivity contribution in [1.82, 2.24) is 0 Å². The van der Waals surface area contributed by atoms with Crippen molar-refractivity contribution in [3.05, 3.63) is 0 Å². The van der Waals surface area contributed by atoms with Crippen LogP contribution in [0.5, 0.6) is 0 Å². The maximum atomic E-state index is 12.8. The van der Waals surface area contributed by atoms with Crippen molar-refractivity contribution in [3.63, 3.8) is 0 Å². The summed E-state index contributed by atoms with van der Waals surface area (Å²) in [6.07, 6.45) is 71.9. The van der Waals surface area contributed by atoms with Gasteiger partial charge in [0.25, 0.3) is 0 Å². The number of rotatable bonds is 62. The second-order valence-corrected chi connectivity index (χ2v) is 22.8. The van der Waals surface area contributed by atoms with Gasteiger partial charge >= 0.3 is 17.9 Å². The van der Waals surface area contributed by atoms with Crippen LogP contribution in [0.15, 0.2) is 0 Å². The molecule has 0 heterocycles. The predicted molar refractivity (Wildman–Crippen MR) is 312 cm³/mol. The zero-order valence-electron chi connectivity index (χ0n) is 49.2. The van der Waals surface area contributed by atoms with E-state index in [1.165, 1.54) is 283 Å². The number of carbonyl (C=O) groups is 3. The highest BCUT2D eigenvalue weighted by molar-refractivity contribution is 5.71. The lowest BCUT2D eigenvalue weighted by Crippen LogP contribution is -2.30. The molecular formula is C66H128O6. The highest BCUT2D eigenvalue weighted by Crippen LogP contribution is 2.19. The van der Waals surface area contributed by atoms with Gasteiger partial charge in [-0.15, -0.1) is 0 Å². The summed E-state index contributed by atoms with van der Waals surface area (Å²) in [5.41, 5.74) is 0. The average molecular weight is 1020 g/mol. The maximum absolute atomic E-state index is 12.8. The Morgan fingerprint density at radius 3 is 0.556 bits per heavy atom. The van der Waals surface area contributed by atoms with E-state index < -0.39 is 6.10 Å². The highest BCUT2D eigenvalue weighted by Gasteiger charge is 2.19. The summed E-state index contributed by atoms with van der Waals surface area (Å²) in [6, 6.07) is 0. The molecule has 0 bridgehead atoms.